The van der Waals surface area contributed by atoms with Crippen LogP contribution in [0.4, 0.5) is 0 Å². The molecular formula is C22H40O. The van der Waals surface area contributed by atoms with E-state index in [1.54, 1.807) is 0 Å². The molecule has 0 aliphatic carbocycles. The van der Waals surface area contributed by atoms with Crippen molar-refractivity contribution in [2.45, 2.75) is 91.4 Å². The van der Waals surface area contributed by atoms with Gasteiger partial charge in [-0.25, -0.2) is 0 Å². The van der Waals surface area contributed by atoms with Crippen LogP contribution in [0.5, 0.6) is 0 Å². The monoisotopic (exact) mass is 320 g/mol. The van der Waals surface area contributed by atoms with Crippen molar-refractivity contribution in [1.29, 1.82) is 0 Å². The number of hydrogen-bond acceptors (Lipinski definition) is 1. The van der Waals surface area contributed by atoms with Crippen LogP contribution in [0.2, 0.25) is 0 Å². The lowest BCUT2D eigenvalue weighted by atomic mass is 10.0. The Morgan fingerprint density at radius 2 is 1.17 bits per heavy atom. The molecule has 1 aromatic carbocycles. The molecule has 0 spiro atoms. The Bertz CT molecular complexity index is 318. The summed E-state index contributed by atoms with van der Waals surface area (Å²) in [5.74, 6) is 0.440. The van der Waals surface area contributed by atoms with Gasteiger partial charge in [-0.15, -0.1) is 0 Å². The normalized spacial score (nSPS) is 10.5. The van der Waals surface area contributed by atoms with Gasteiger partial charge in [0.25, 0.3) is 0 Å². The third-order valence-corrected chi connectivity index (χ3v) is 4.03. The van der Waals surface area contributed by atoms with Crippen molar-refractivity contribution in [3.63, 3.8) is 0 Å². The summed E-state index contributed by atoms with van der Waals surface area (Å²) in [5.41, 5.74) is 1.50. The number of benzene rings is 1. The van der Waals surface area contributed by atoms with Gasteiger partial charge in [-0.1, -0.05) is 109 Å². The molecule has 0 saturated heterocycles. The third-order valence-electron chi connectivity index (χ3n) is 4.03. The molecule has 0 aliphatic heterocycles. The maximum Gasteiger partial charge on any atom is 0.0453 e. The van der Waals surface area contributed by atoms with Gasteiger partial charge in [0, 0.05) is 6.61 Å². The van der Waals surface area contributed by atoms with Gasteiger partial charge in [0.05, 0.1) is 0 Å². The van der Waals surface area contributed by atoms with Crippen molar-refractivity contribution in [2.24, 2.45) is 5.92 Å². The molecule has 1 N–H and O–H groups in total. The zero-order valence-corrected chi connectivity index (χ0v) is 15.9. The highest BCUT2D eigenvalue weighted by atomic mass is 16.3. The number of aliphatic hydroxyl groups excluding tert-OH is 1. The summed E-state index contributed by atoms with van der Waals surface area (Å²) in [5, 5.41) is 8.14. The molecule has 0 bridgehead atoms. The summed E-state index contributed by atoms with van der Waals surface area (Å²) >= 11 is 0. The second-order valence-electron chi connectivity index (χ2n) is 6.99. The van der Waals surface area contributed by atoms with E-state index < -0.39 is 0 Å². The van der Waals surface area contributed by atoms with Crippen molar-refractivity contribution in [2.75, 3.05) is 6.61 Å². The fourth-order valence-electron chi connectivity index (χ4n) is 2.46. The first-order chi connectivity index (χ1) is 11.2. The Kier molecular flexibility index (Phi) is 16.9. The largest absolute Gasteiger partial charge is 0.396 e. The number of rotatable bonds is 12. The molecule has 0 aromatic heterocycles. The van der Waals surface area contributed by atoms with E-state index in [1.165, 1.54) is 76.2 Å². The molecule has 0 amide bonds. The molecular weight excluding hydrogens is 280 g/mol. The van der Waals surface area contributed by atoms with Crippen LogP contribution in [0.25, 0.3) is 0 Å². The Morgan fingerprint density at radius 1 is 0.739 bits per heavy atom. The summed E-state index contributed by atoms with van der Waals surface area (Å²) in [4.78, 5) is 0. The second kappa shape index (κ2) is 17.5. The van der Waals surface area contributed by atoms with Gasteiger partial charge in [0.1, 0.15) is 0 Å². The van der Waals surface area contributed by atoms with E-state index >= 15 is 0 Å². The molecule has 0 heterocycles. The smallest absolute Gasteiger partial charge is 0.0453 e. The quantitative estimate of drug-likeness (QED) is 0.421. The van der Waals surface area contributed by atoms with Crippen molar-refractivity contribution in [3.8, 4) is 0 Å². The SMILES string of the molecule is CC(C)CO.CCCCCCCCCCCCc1ccccc1. The first-order valence-corrected chi connectivity index (χ1v) is 9.85. The Labute approximate surface area is 145 Å². The van der Waals surface area contributed by atoms with Crippen molar-refractivity contribution < 1.29 is 5.11 Å². The fourth-order valence-corrected chi connectivity index (χ4v) is 2.46. The molecule has 134 valence electrons. The number of aliphatic hydroxyl groups is 1. The molecule has 1 rings (SSSR count). The summed E-state index contributed by atoms with van der Waals surface area (Å²) in [6.45, 7) is 6.53. The van der Waals surface area contributed by atoms with E-state index in [4.69, 9.17) is 5.11 Å². The van der Waals surface area contributed by atoms with Crippen LogP contribution in [-0.2, 0) is 6.42 Å². The molecule has 0 saturated carbocycles. The highest BCUT2D eigenvalue weighted by Crippen LogP contribution is 2.12. The van der Waals surface area contributed by atoms with E-state index in [0.717, 1.165) is 0 Å². The van der Waals surface area contributed by atoms with E-state index in [1.807, 2.05) is 13.8 Å². The summed E-state index contributed by atoms with van der Waals surface area (Å²) in [6.07, 6.45) is 15.5. The predicted octanol–water partition coefficient (Wildman–Crippen LogP) is 6.78. The number of aryl methyl sites for hydroxylation is 1. The van der Waals surface area contributed by atoms with Crippen molar-refractivity contribution in [3.05, 3.63) is 35.9 Å². The summed E-state index contributed by atoms with van der Waals surface area (Å²) in [6, 6.07) is 10.9. The van der Waals surface area contributed by atoms with Gasteiger partial charge in [-0.2, -0.15) is 0 Å². The van der Waals surface area contributed by atoms with Crippen LogP contribution in [-0.4, -0.2) is 11.7 Å². The zero-order chi connectivity index (χ0) is 17.2. The molecule has 0 atom stereocenters. The van der Waals surface area contributed by atoms with Gasteiger partial charge < -0.3 is 5.11 Å². The lowest BCUT2D eigenvalue weighted by molar-refractivity contribution is 0.248. The molecule has 0 unspecified atom stereocenters. The van der Waals surface area contributed by atoms with Gasteiger partial charge in [0.2, 0.25) is 0 Å². The molecule has 1 aromatic rings. The molecule has 23 heavy (non-hydrogen) atoms. The fraction of sp³-hybridized carbons (Fsp3) is 0.727. The summed E-state index contributed by atoms with van der Waals surface area (Å²) in [7, 11) is 0. The van der Waals surface area contributed by atoms with Crippen molar-refractivity contribution in [1.82, 2.24) is 0 Å². The van der Waals surface area contributed by atoms with Gasteiger partial charge in [-0.05, 0) is 24.3 Å². The minimum absolute atomic E-state index is 0.306. The van der Waals surface area contributed by atoms with E-state index in [0.29, 0.717) is 12.5 Å². The third kappa shape index (κ3) is 17.4. The average Bonchev–Trinajstić information content (AvgIpc) is 2.58. The second-order valence-corrected chi connectivity index (χ2v) is 6.99. The Morgan fingerprint density at radius 3 is 1.61 bits per heavy atom. The molecule has 1 nitrogen and oxygen atoms in total. The predicted molar refractivity (Wildman–Crippen MR) is 104 cm³/mol. The maximum absolute atomic E-state index is 8.14. The van der Waals surface area contributed by atoms with Crippen LogP contribution in [0.3, 0.4) is 0 Å². The molecule has 1 heteroatoms. The first kappa shape index (κ1) is 22.2. The van der Waals surface area contributed by atoms with E-state index in [9.17, 15) is 0 Å². The minimum atomic E-state index is 0.306. The summed E-state index contributed by atoms with van der Waals surface area (Å²) < 4.78 is 0. The maximum atomic E-state index is 8.14. The Balaban J connectivity index is 0.000000841. The average molecular weight is 321 g/mol. The minimum Gasteiger partial charge on any atom is -0.396 e. The van der Waals surface area contributed by atoms with Crippen LogP contribution in [0, 0.1) is 5.92 Å². The van der Waals surface area contributed by atoms with Gasteiger partial charge >= 0.3 is 0 Å². The van der Waals surface area contributed by atoms with Crippen LogP contribution < -0.4 is 0 Å². The highest BCUT2D eigenvalue weighted by molar-refractivity contribution is 5.14. The van der Waals surface area contributed by atoms with Crippen molar-refractivity contribution >= 4 is 0 Å². The van der Waals surface area contributed by atoms with Crippen LogP contribution in [0.1, 0.15) is 90.5 Å². The van der Waals surface area contributed by atoms with Crippen LogP contribution in [0.15, 0.2) is 30.3 Å². The topological polar surface area (TPSA) is 20.2 Å². The zero-order valence-electron chi connectivity index (χ0n) is 15.9. The lowest BCUT2D eigenvalue weighted by Crippen LogP contribution is -1.90. The van der Waals surface area contributed by atoms with E-state index in [2.05, 4.69) is 37.3 Å². The molecule has 0 fully saturated rings. The first-order valence-electron chi connectivity index (χ1n) is 9.85. The number of unbranched alkanes of at least 4 members (excludes halogenated alkanes) is 9. The lowest BCUT2D eigenvalue weighted by Gasteiger charge is -2.03. The van der Waals surface area contributed by atoms with Gasteiger partial charge in [-0.3, -0.25) is 0 Å². The van der Waals surface area contributed by atoms with Gasteiger partial charge in [0.15, 0.2) is 0 Å². The molecule has 0 aliphatic rings. The highest BCUT2D eigenvalue weighted by Gasteiger charge is 1.94. The standard InChI is InChI=1S/C18H30.C4H10O/c1-2-3-4-5-6-7-8-9-10-12-15-18-16-13-11-14-17-18;1-4(2)3-5/h11,13-14,16-17H,2-10,12,15H2,1H3;4-5H,3H2,1-2H3. The molecule has 0 radical (unpaired) electrons. The Hall–Kier alpha value is -0.820. The van der Waals surface area contributed by atoms with E-state index in [-0.39, 0.29) is 0 Å². The van der Waals surface area contributed by atoms with Crippen LogP contribution >= 0.6 is 0 Å². The number of hydrogen-bond donors (Lipinski definition) is 1.